The Morgan fingerprint density at radius 2 is 2.16 bits per heavy atom. The first-order chi connectivity index (χ1) is 12.2. The molecule has 1 aliphatic carbocycles. The molecule has 0 unspecified atom stereocenters. The molecule has 0 bridgehead atoms. The van der Waals surface area contributed by atoms with Crippen molar-refractivity contribution in [2.75, 3.05) is 18.9 Å². The fraction of sp³-hybridized carbons (Fsp3) is 0.368. The van der Waals surface area contributed by atoms with Gasteiger partial charge in [0.15, 0.2) is 0 Å². The van der Waals surface area contributed by atoms with Crippen LogP contribution in [0.3, 0.4) is 0 Å². The number of anilines is 1. The predicted molar refractivity (Wildman–Crippen MR) is 104 cm³/mol. The van der Waals surface area contributed by atoms with Crippen LogP contribution in [0.2, 0.25) is 0 Å². The molecule has 3 heterocycles. The third-order valence-corrected chi connectivity index (χ3v) is 5.03. The van der Waals surface area contributed by atoms with Crippen LogP contribution in [0.5, 0.6) is 0 Å². The summed E-state index contributed by atoms with van der Waals surface area (Å²) < 4.78 is 3.04. The maximum atomic E-state index is 4.87. The molecule has 1 saturated carbocycles. The molecular weight excluding hydrogens is 378 g/mol. The maximum Gasteiger partial charge on any atom is 0.140 e. The zero-order valence-electron chi connectivity index (χ0n) is 14.3. The molecule has 0 spiro atoms. The lowest BCUT2D eigenvalue weighted by atomic mass is 10.1. The second-order valence-electron chi connectivity index (χ2n) is 6.61. The van der Waals surface area contributed by atoms with Gasteiger partial charge in [-0.15, -0.1) is 0 Å². The number of rotatable bonds is 7. The van der Waals surface area contributed by atoms with E-state index in [9.17, 15) is 0 Å². The standard InChI is InChI=1S/C19H22BrN5/c1-21-6-4-14-8-15(13-2-3-13)11-25-12-17(24-19(14)25)10-23-16-5-7-22-18(20)9-16/h5,7-9,11-13,21H,2-4,6,10H2,1H3,(H,22,23). The molecule has 130 valence electrons. The summed E-state index contributed by atoms with van der Waals surface area (Å²) in [4.78, 5) is 9.02. The van der Waals surface area contributed by atoms with Crippen LogP contribution in [0, 0.1) is 0 Å². The summed E-state index contributed by atoms with van der Waals surface area (Å²) in [6.07, 6.45) is 9.83. The zero-order chi connectivity index (χ0) is 17.2. The van der Waals surface area contributed by atoms with Gasteiger partial charge in [0, 0.05) is 24.3 Å². The molecule has 0 atom stereocenters. The van der Waals surface area contributed by atoms with Crippen LogP contribution in [0.1, 0.15) is 35.6 Å². The van der Waals surface area contributed by atoms with Crippen LogP contribution < -0.4 is 10.6 Å². The normalized spacial score (nSPS) is 14.2. The van der Waals surface area contributed by atoms with Crippen molar-refractivity contribution in [2.24, 2.45) is 0 Å². The van der Waals surface area contributed by atoms with E-state index in [1.165, 1.54) is 24.0 Å². The summed E-state index contributed by atoms with van der Waals surface area (Å²) >= 11 is 3.40. The van der Waals surface area contributed by atoms with Gasteiger partial charge in [-0.05, 0) is 78.0 Å². The smallest absolute Gasteiger partial charge is 0.140 e. The van der Waals surface area contributed by atoms with Crippen molar-refractivity contribution in [1.82, 2.24) is 19.7 Å². The van der Waals surface area contributed by atoms with Crippen molar-refractivity contribution in [2.45, 2.75) is 31.7 Å². The summed E-state index contributed by atoms with van der Waals surface area (Å²) in [5.41, 5.74) is 5.94. The van der Waals surface area contributed by atoms with E-state index in [2.05, 4.69) is 54.4 Å². The number of nitrogens with zero attached hydrogens (tertiary/aromatic N) is 3. The highest BCUT2D eigenvalue weighted by molar-refractivity contribution is 9.10. The fourth-order valence-corrected chi connectivity index (χ4v) is 3.48. The van der Waals surface area contributed by atoms with Crippen LogP contribution in [-0.4, -0.2) is 28.0 Å². The largest absolute Gasteiger partial charge is 0.379 e. The molecule has 2 N–H and O–H groups in total. The SMILES string of the molecule is CNCCc1cc(C2CC2)cn2cc(CNc3ccnc(Br)c3)nc12. The highest BCUT2D eigenvalue weighted by atomic mass is 79.9. The minimum atomic E-state index is 0.697. The van der Waals surface area contributed by atoms with Crippen molar-refractivity contribution in [3.63, 3.8) is 0 Å². The summed E-state index contributed by atoms with van der Waals surface area (Å²) in [5.74, 6) is 0.746. The Kier molecular flexibility index (Phi) is 4.72. The average Bonchev–Trinajstić information content (AvgIpc) is 3.37. The number of halogens is 1. The van der Waals surface area contributed by atoms with E-state index < -0.39 is 0 Å². The van der Waals surface area contributed by atoms with Gasteiger partial charge in [0.1, 0.15) is 10.3 Å². The molecule has 0 radical (unpaired) electrons. The summed E-state index contributed by atoms with van der Waals surface area (Å²) in [6.45, 7) is 1.66. The number of fused-ring (bicyclic) bond motifs is 1. The number of likely N-dealkylation sites (N-methyl/N-ethyl adjacent to an activating group) is 1. The van der Waals surface area contributed by atoms with E-state index in [4.69, 9.17) is 4.98 Å². The van der Waals surface area contributed by atoms with Crippen molar-refractivity contribution in [1.29, 1.82) is 0 Å². The van der Waals surface area contributed by atoms with Gasteiger partial charge in [0.2, 0.25) is 0 Å². The lowest BCUT2D eigenvalue weighted by Gasteiger charge is -2.07. The van der Waals surface area contributed by atoms with Crippen LogP contribution in [-0.2, 0) is 13.0 Å². The molecule has 4 rings (SSSR count). The lowest BCUT2D eigenvalue weighted by molar-refractivity contribution is 0.789. The molecule has 1 aliphatic rings. The minimum Gasteiger partial charge on any atom is -0.379 e. The first kappa shape index (κ1) is 16.5. The van der Waals surface area contributed by atoms with Gasteiger partial charge in [0.25, 0.3) is 0 Å². The van der Waals surface area contributed by atoms with Gasteiger partial charge in [-0.2, -0.15) is 0 Å². The minimum absolute atomic E-state index is 0.697. The first-order valence-electron chi connectivity index (χ1n) is 8.73. The average molecular weight is 400 g/mol. The Hall–Kier alpha value is -1.92. The number of hydrogen-bond acceptors (Lipinski definition) is 4. The van der Waals surface area contributed by atoms with E-state index in [-0.39, 0.29) is 0 Å². The van der Waals surface area contributed by atoms with Crippen molar-refractivity contribution in [3.8, 4) is 0 Å². The number of nitrogens with one attached hydrogen (secondary N) is 2. The summed E-state index contributed by atoms with van der Waals surface area (Å²) in [7, 11) is 2.00. The van der Waals surface area contributed by atoms with E-state index in [0.29, 0.717) is 6.54 Å². The molecule has 1 fully saturated rings. The third-order valence-electron chi connectivity index (χ3n) is 4.59. The van der Waals surface area contributed by atoms with Gasteiger partial charge >= 0.3 is 0 Å². The molecule has 0 aliphatic heterocycles. The van der Waals surface area contributed by atoms with Crippen LogP contribution >= 0.6 is 15.9 Å². The molecule has 0 saturated heterocycles. The molecule has 25 heavy (non-hydrogen) atoms. The van der Waals surface area contributed by atoms with E-state index >= 15 is 0 Å². The number of aromatic nitrogens is 3. The third kappa shape index (κ3) is 3.85. The van der Waals surface area contributed by atoms with Crippen LogP contribution in [0.4, 0.5) is 5.69 Å². The molecule has 3 aromatic heterocycles. The Morgan fingerprint density at radius 1 is 1.28 bits per heavy atom. The Morgan fingerprint density at radius 3 is 2.92 bits per heavy atom. The number of hydrogen-bond donors (Lipinski definition) is 2. The molecule has 5 nitrogen and oxygen atoms in total. The maximum absolute atomic E-state index is 4.87. The monoisotopic (exact) mass is 399 g/mol. The molecular formula is C19H22BrN5. The Labute approximate surface area is 156 Å². The Bertz CT molecular complexity index is 885. The van der Waals surface area contributed by atoms with Gasteiger partial charge in [-0.1, -0.05) is 6.07 Å². The van der Waals surface area contributed by atoms with Crippen molar-refractivity contribution in [3.05, 3.63) is 58.2 Å². The van der Waals surface area contributed by atoms with Gasteiger partial charge in [0.05, 0.1) is 12.2 Å². The summed E-state index contributed by atoms with van der Waals surface area (Å²) in [6, 6.07) is 6.29. The van der Waals surface area contributed by atoms with Crippen molar-refractivity contribution >= 4 is 27.3 Å². The molecule has 6 heteroatoms. The highest BCUT2D eigenvalue weighted by Crippen LogP contribution is 2.40. The second kappa shape index (κ2) is 7.14. The lowest BCUT2D eigenvalue weighted by Crippen LogP contribution is -2.11. The predicted octanol–water partition coefficient (Wildman–Crippen LogP) is 3.74. The quantitative estimate of drug-likeness (QED) is 0.594. The van der Waals surface area contributed by atoms with E-state index in [0.717, 1.165) is 40.5 Å². The van der Waals surface area contributed by atoms with Crippen molar-refractivity contribution < 1.29 is 0 Å². The fourth-order valence-electron chi connectivity index (χ4n) is 3.12. The summed E-state index contributed by atoms with van der Waals surface area (Å²) in [5, 5.41) is 6.66. The topological polar surface area (TPSA) is 54.2 Å². The highest BCUT2D eigenvalue weighted by Gasteiger charge is 2.25. The second-order valence-corrected chi connectivity index (χ2v) is 7.42. The molecule has 0 aromatic carbocycles. The van der Waals surface area contributed by atoms with Gasteiger partial charge in [-0.25, -0.2) is 9.97 Å². The molecule has 3 aromatic rings. The van der Waals surface area contributed by atoms with Crippen LogP contribution in [0.25, 0.3) is 5.65 Å². The van der Waals surface area contributed by atoms with Crippen LogP contribution in [0.15, 0.2) is 41.4 Å². The van der Waals surface area contributed by atoms with Gasteiger partial charge < -0.3 is 15.0 Å². The van der Waals surface area contributed by atoms with E-state index in [1.54, 1.807) is 6.20 Å². The van der Waals surface area contributed by atoms with Gasteiger partial charge in [-0.3, -0.25) is 0 Å². The Balaban J connectivity index is 1.59. The zero-order valence-corrected chi connectivity index (χ0v) is 15.9. The number of pyridine rings is 2. The number of imidazole rings is 1. The van der Waals surface area contributed by atoms with E-state index in [1.807, 2.05) is 19.2 Å². The first-order valence-corrected chi connectivity index (χ1v) is 9.52. The molecule has 0 amide bonds.